The van der Waals surface area contributed by atoms with Gasteiger partial charge in [0.15, 0.2) is 6.29 Å². The highest BCUT2D eigenvalue weighted by Gasteiger charge is 2.69. The summed E-state index contributed by atoms with van der Waals surface area (Å²) in [6.07, 6.45) is -6.41. The number of phenols is 1. The van der Waals surface area contributed by atoms with Crippen LogP contribution in [0.2, 0.25) is 0 Å². The van der Waals surface area contributed by atoms with Crippen LogP contribution in [0, 0.1) is 28.1 Å². The van der Waals surface area contributed by atoms with Crippen molar-refractivity contribution in [3.63, 3.8) is 0 Å². The first-order chi connectivity index (χ1) is 27.0. The highest BCUT2D eigenvalue weighted by Crippen LogP contribution is 2.73. The topological polar surface area (TPSA) is 251 Å². The van der Waals surface area contributed by atoms with Crippen molar-refractivity contribution >= 4 is 18.0 Å². The Morgan fingerprint density at radius 1 is 0.842 bits per heavy atom. The molecule has 0 aromatic heterocycles. The molecule has 316 valence electrons. The Hall–Kier alpha value is -3.00. The van der Waals surface area contributed by atoms with Crippen molar-refractivity contribution in [3.05, 3.63) is 48.1 Å². The summed E-state index contributed by atoms with van der Waals surface area (Å²) < 4.78 is 23.3. The lowest BCUT2D eigenvalue weighted by atomic mass is 9.41. The molecule has 3 unspecified atom stereocenters. The van der Waals surface area contributed by atoms with Gasteiger partial charge in [0.25, 0.3) is 0 Å². The molecule has 8 N–H and O–H groups in total. The molecule has 2 saturated heterocycles. The standard InChI is InChI=1S/C41H56O16/c1-21-17-40-15-11-26-38(2,13-4-14-39(26,3)37(51)57-56-36-34(50)31(47)29(45)24(18-42)53-36)27(40)12-16-41(21,20-40)55-35-33(49)32(48)30(46)25(54-35)19-52-28(44)10-7-22-5-8-23(43)9-6-22/h5-10,24-27,29-36,42-43,45-50H,1,4,11-20H2,2-3H3/b10-7+/t24-,25-,26?,27+,29-,30-,31+,32+,33-,34-,35+,36+,38-,39-,40?,41?/m1/s1. The molecule has 4 saturated carbocycles. The molecule has 1 spiro atoms. The van der Waals surface area contributed by atoms with Gasteiger partial charge in [0.1, 0.15) is 61.2 Å². The van der Waals surface area contributed by atoms with E-state index in [9.17, 15) is 50.4 Å². The molecule has 2 bridgehead atoms. The molecule has 2 aliphatic heterocycles. The molecule has 7 rings (SSSR count). The van der Waals surface area contributed by atoms with E-state index < -0.39 is 97.6 Å². The summed E-state index contributed by atoms with van der Waals surface area (Å²) >= 11 is 0. The van der Waals surface area contributed by atoms with Crippen LogP contribution in [0.3, 0.4) is 0 Å². The number of ether oxygens (including phenoxy) is 4. The Bertz CT molecular complexity index is 1680. The molecular formula is C41H56O16. The number of esters is 1. The van der Waals surface area contributed by atoms with Gasteiger partial charge in [-0.3, -0.25) is 4.89 Å². The second-order valence-electron chi connectivity index (χ2n) is 17.6. The second-order valence-corrected chi connectivity index (χ2v) is 17.6. The van der Waals surface area contributed by atoms with Crippen LogP contribution in [-0.4, -0.2) is 133 Å². The molecule has 57 heavy (non-hydrogen) atoms. The molecule has 16 heteroatoms. The van der Waals surface area contributed by atoms with Gasteiger partial charge in [-0.15, -0.1) is 4.89 Å². The lowest BCUT2D eigenvalue weighted by Crippen LogP contribution is -2.62. The van der Waals surface area contributed by atoms with Crippen molar-refractivity contribution in [2.45, 2.75) is 139 Å². The Labute approximate surface area is 330 Å². The Morgan fingerprint density at radius 2 is 1.49 bits per heavy atom. The Balaban J connectivity index is 1.00. The van der Waals surface area contributed by atoms with Crippen LogP contribution >= 0.6 is 0 Å². The van der Waals surface area contributed by atoms with Gasteiger partial charge >= 0.3 is 11.9 Å². The van der Waals surface area contributed by atoms with E-state index in [0.29, 0.717) is 37.7 Å². The van der Waals surface area contributed by atoms with Crippen molar-refractivity contribution in [2.24, 2.45) is 28.1 Å². The molecular weight excluding hydrogens is 748 g/mol. The number of carbonyl (C=O) groups is 2. The number of aromatic hydroxyl groups is 1. The van der Waals surface area contributed by atoms with Crippen molar-refractivity contribution in [3.8, 4) is 5.75 Å². The van der Waals surface area contributed by atoms with Gasteiger partial charge < -0.3 is 59.8 Å². The molecule has 6 aliphatic rings. The molecule has 2 heterocycles. The molecule has 4 aliphatic carbocycles. The SMILES string of the molecule is C=C1CC23CCC4[C@](C)(C(=O)OO[C@@H]5O[C@H](CO)[C@@H](O)[C@H](O)[C@H]5O)CCC[C@@]4(C)[C@@H]2CCC1(O[C@@H]1O[C@H](COC(=O)/C=C/c2ccc(O)cc2)[C@@H](O)[C@H](O)[C@H]1O)C3. The Kier molecular flexibility index (Phi) is 11.7. The molecule has 1 aromatic rings. The van der Waals surface area contributed by atoms with E-state index in [1.807, 2.05) is 6.92 Å². The van der Waals surface area contributed by atoms with Gasteiger partial charge in [-0.1, -0.05) is 32.1 Å². The number of hydrogen-bond donors (Lipinski definition) is 8. The number of phenolic OH excluding ortho intramolecular Hbond substituents is 1. The van der Waals surface area contributed by atoms with Crippen LogP contribution in [0.1, 0.15) is 77.2 Å². The summed E-state index contributed by atoms with van der Waals surface area (Å²) in [5, 5.41) is 82.3. The maximum absolute atomic E-state index is 13.9. The number of hydrogen-bond acceptors (Lipinski definition) is 16. The van der Waals surface area contributed by atoms with E-state index in [1.54, 1.807) is 12.1 Å². The fourth-order valence-corrected chi connectivity index (χ4v) is 11.4. The van der Waals surface area contributed by atoms with Crippen molar-refractivity contribution in [2.75, 3.05) is 13.2 Å². The van der Waals surface area contributed by atoms with E-state index in [4.69, 9.17) is 28.7 Å². The molecule has 0 radical (unpaired) electrons. The van der Waals surface area contributed by atoms with E-state index in [0.717, 1.165) is 31.3 Å². The van der Waals surface area contributed by atoms with Crippen LogP contribution in [0.4, 0.5) is 0 Å². The first kappa shape index (κ1) is 42.1. The minimum atomic E-state index is -1.72. The van der Waals surface area contributed by atoms with E-state index in [1.165, 1.54) is 24.3 Å². The van der Waals surface area contributed by atoms with Crippen LogP contribution in [0.5, 0.6) is 5.75 Å². The summed E-state index contributed by atoms with van der Waals surface area (Å²) in [6.45, 7) is 7.49. The van der Waals surface area contributed by atoms with Crippen molar-refractivity contribution in [1.29, 1.82) is 0 Å². The molecule has 16 nitrogen and oxygen atoms in total. The van der Waals surface area contributed by atoms with Gasteiger partial charge in [-0.25, -0.2) is 9.59 Å². The predicted octanol–water partition coefficient (Wildman–Crippen LogP) is 1.14. The second kappa shape index (κ2) is 15.9. The number of aliphatic hydroxyl groups excluding tert-OH is 7. The van der Waals surface area contributed by atoms with Gasteiger partial charge in [-0.05, 0) is 110 Å². The number of carbonyl (C=O) groups excluding carboxylic acids is 2. The average Bonchev–Trinajstić information content (AvgIpc) is 3.38. The largest absolute Gasteiger partial charge is 0.508 e. The maximum Gasteiger partial charge on any atom is 0.348 e. The predicted molar refractivity (Wildman–Crippen MR) is 196 cm³/mol. The van der Waals surface area contributed by atoms with Gasteiger partial charge in [0.2, 0.25) is 6.29 Å². The number of fused-ring (bicyclic) bond motifs is 3. The molecule has 6 fully saturated rings. The molecule has 1 aromatic carbocycles. The van der Waals surface area contributed by atoms with Crippen LogP contribution in [0.25, 0.3) is 6.08 Å². The third kappa shape index (κ3) is 7.45. The first-order valence-corrected chi connectivity index (χ1v) is 19.8. The smallest absolute Gasteiger partial charge is 0.348 e. The summed E-state index contributed by atoms with van der Waals surface area (Å²) in [7, 11) is 0. The lowest BCUT2D eigenvalue weighted by Gasteiger charge is -2.64. The van der Waals surface area contributed by atoms with E-state index in [2.05, 4.69) is 13.5 Å². The van der Waals surface area contributed by atoms with E-state index in [-0.39, 0.29) is 28.4 Å². The Morgan fingerprint density at radius 3 is 2.19 bits per heavy atom. The minimum Gasteiger partial charge on any atom is -0.508 e. The van der Waals surface area contributed by atoms with Crippen LogP contribution < -0.4 is 0 Å². The molecule has 16 atom stereocenters. The molecule has 0 amide bonds. The monoisotopic (exact) mass is 804 g/mol. The quantitative estimate of drug-likeness (QED) is 0.0412. The summed E-state index contributed by atoms with van der Waals surface area (Å²) in [5.41, 5.74) is -0.880. The fraction of sp³-hybridized carbons (Fsp3) is 0.707. The van der Waals surface area contributed by atoms with Crippen molar-refractivity contribution < 1.29 is 79.2 Å². The average molecular weight is 805 g/mol. The third-order valence-corrected chi connectivity index (χ3v) is 14.4. The van der Waals surface area contributed by atoms with E-state index >= 15 is 0 Å². The van der Waals surface area contributed by atoms with Gasteiger partial charge in [-0.2, -0.15) is 0 Å². The van der Waals surface area contributed by atoms with Gasteiger partial charge in [0.05, 0.1) is 17.6 Å². The van der Waals surface area contributed by atoms with Crippen molar-refractivity contribution in [1.82, 2.24) is 0 Å². The zero-order valence-electron chi connectivity index (χ0n) is 32.2. The normalized spacial score (nSPS) is 45.6. The summed E-state index contributed by atoms with van der Waals surface area (Å²) in [6, 6.07) is 6.18. The van der Waals surface area contributed by atoms with Gasteiger partial charge in [0, 0.05) is 6.08 Å². The summed E-state index contributed by atoms with van der Waals surface area (Å²) in [5.74, 6) is -1.20. The lowest BCUT2D eigenvalue weighted by molar-refractivity contribution is -0.409. The fourth-order valence-electron chi connectivity index (χ4n) is 11.4. The minimum absolute atomic E-state index is 0.0835. The highest BCUT2D eigenvalue weighted by atomic mass is 17.2. The third-order valence-electron chi connectivity index (χ3n) is 14.4. The number of aliphatic hydroxyl groups is 7. The zero-order chi connectivity index (χ0) is 41.1. The highest BCUT2D eigenvalue weighted by molar-refractivity contribution is 5.87. The number of benzene rings is 1. The number of rotatable bonds is 10. The maximum atomic E-state index is 13.9. The van der Waals surface area contributed by atoms with Crippen LogP contribution in [0.15, 0.2) is 42.5 Å². The summed E-state index contributed by atoms with van der Waals surface area (Å²) in [4.78, 5) is 37.0. The first-order valence-electron chi connectivity index (χ1n) is 19.8. The zero-order valence-corrected chi connectivity index (χ0v) is 32.2. The van der Waals surface area contributed by atoms with Crippen LogP contribution in [-0.2, 0) is 38.3 Å².